The van der Waals surface area contributed by atoms with Gasteiger partial charge in [-0.15, -0.1) is 11.3 Å². The third-order valence-electron chi connectivity index (χ3n) is 4.69. The van der Waals surface area contributed by atoms with Gasteiger partial charge in [0.2, 0.25) is 10.0 Å². The number of hydrogen-bond acceptors (Lipinski definition) is 4. The molecule has 0 aliphatic carbocycles. The van der Waals surface area contributed by atoms with Crippen LogP contribution in [0.3, 0.4) is 0 Å². The average Bonchev–Trinajstić information content (AvgIpc) is 3.30. The number of hydrogen-bond donors (Lipinski definition) is 1. The van der Waals surface area contributed by atoms with Gasteiger partial charge in [-0.3, -0.25) is 4.90 Å². The first-order valence-corrected chi connectivity index (χ1v) is 11.3. The quantitative estimate of drug-likeness (QED) is 0.760. The normalized spacial score (nSPS) is 17.0. The minimum atomic E-state index is -3.48. The Balaban J connectivity index is 1.70. The van der Waals surface area contributed by atoms with Gasteiger partial charge in [0.1, 0.15) is 0 Å². The molecule has 0 amide bonds. The zero-order valence-corrected chi connectivity index (χ0v) is 16.3. The minimum absolute atomic E-state index is 0.122. The lowest BCUT2D eigenvalue weighted by Crippen LogP contribution is -2.36. The fraction of sp³-hybridized carbons (Fsp3) is 0.474. The van der Waals surface area contributed by atoms with Crippen LogP contribution in [0.25, 0.3) is 0 Å². The Morgan fingerprint density at radius 1 is 1.16 bits per heavy atom. The van der Waals surface area contributed by atoms with Crippen LogP contribution in [0.15, 0.2) is 46.7 Å². The monoisotopic (exact) mass is 378 g/mol. The number of nitrogens with zero attached hydrogens (tertiary/aromatic N) is 1. The summed E-state index contributed by atoms with van der Waals surface area (Å²) in [7, 11) is -3.48. The van der Waals surface area contributed by atoms with Crippen molar-refractivity contribution in [1.82, 2.24) is 9.62 Å². The summed E-state index contributed by atoms with van der Waals surface area (Å²) in [6.45, 7) is 4.61. The number of likely N-dealkylation sites (tertiary alicyclic amines) is 1. The van der Waals surface area contributed by atoms with Gasteiger partial charge in [0, 0.05) is 11.4 Å². The molecule has 0 saturated carbocycles. The van der Waals surface area contributed by atoms with Crippen LogP contribution >= 0.6 is 11.3 Å². The summed E-state index contributed by atoms with van der Waals surface area (Å²) in [5.74, 6) is 0. The standard InChI is InChI=1S/C19H26N2O2S2/c1-2-6-16-8-10-17(11-9-16)25(22,23)20-15-18(19-7-5-14-24-19)21-12-3-4-13-21/h5,7-11,14,18,20H,2-4,6,12-13,15H2,1H3. The van der Waals surface area contributed by atoms with E-state index in [2.05, 4.69) is 28.0 Å². The van der Waals surface area contributed by atoms with E-state index in [1.807, 2.05) is 18.2 Å². The summed E-state index contributed by atoms with van der Waals surface area (Å²) in [6.07, 6.45) is 4.41. The van der Waals surface area contributed by atoms with Crippen LogP contribution in [0.2, 0.25) is 0 Å². The Morgan fingerprint density at radius 2 is 1.88 bits per heavy atom. The molecule has 3 rings (SSSR count). The summed E-state index contributed by atoms with van der Waals surface area (Å²) in [5.41, 5.74) is 1.18. The molecule has 136 valence electrons. The highest BCUT2D eigenvalue weighted by Gasteiger charge is 2.26. The molecule has 0 radical (unpaired) electrons. The van der Waals surface area contributed by atoms with Gasteiger partial charge < -0.3 is 0 Å². The third-order valence-corrected chi connectivity index (χ3v) is 7.11. The Morgan fingerprint density at radius 3 is 2.48 bits per heavy atom. The molecule has 6 heteroatoms. The van der Waals surface area contributed by atoms with Crippen LogP contribution in [-0.4, -0.2) is 33.0 Å². The molecule has 0 spiro atoms. The van der Waals surface area contributed by atoms with E-state index in [4.69, 9.17) is 0 Å². The van der Waals surface area contributed by atoms with Crippen LogP contribution < -0.4 is 4.72 Å². The van der Waals surface area contributed by atoms with Crippen LogP contribution in [0, 0.1) is 0 Å². The van der Waals surface area contributed by atoms with Gasteiger partial charge in [-0.1, -0.05) is 31.5 Å². The summed E-state index contributed by atoms with van der Waals surface area (Å²) in [4.78, 5) is 3.96. The smallest absolute Gasteiger partial charge is 0.240 e. The van der Waals surface area contributed by atoms with Crippen molar-refractivity contribution in [2.24, 2.45) is 0 Å². The van der Waals surface area contributed by atoms with Gasteiger partial charge >= 0.3 is 0 Å². The zero-order chi connectivity index (χ0) is 17.7. The van der Waals surface area contributed by atoms with Crippen LogP contribution in [0.5, 0.6) is 0 Å². The van der Waals surface area contributed by atoms with Gasteiger partial charge in [-0.25, -0.2) is 13.1 Å². The number of rotatable bonds is 8. The van der Waals surface area contributed by atoms with Gasteiger partial charge in [-0.05, 0) is 61.5 Å². The van der Waals surface area contributed by atoms with E-state index >= 15 is 0 Å². The molecule has 1 fully saturated rings. The topological polar surface area (TPSA) is 49.4 Å². The molecule has 2 aromatic rings. The molecule has 1 atom stereocenters. The molecular formula is C19H26N2O2S2. The number of aryl methyl sites for hydroxylation is 1. The van der Waals surface area contributed by atoms with Crippen LogP contribution in [0.4, 0.5) is 0 Å². The van der Waals surface area contributed by atoms with Crippen molar-refractivity contribution in [3.05, 3.63) is 52.2 Å². The molecule has 2 heterocycles. The first-order valence-electron chi connectivity index (χ1n) is 8.96. The molecule has 1 N–H and O–H groups in total. The van der Waals surface area contributed by atoms with Gasteiger partial charge in [0.15, 0.2) is 0 Å². The molecule has 1 unspecified atom stereocenters. The molecule has 1 saturated heterocycles. The SMILES string of the molecule is CCCc1ccc(S(=O)(=O)NCC(c2cccs2)N2CCCC2)cc1. The van der Waals surface area contributed by atoms with E-state index in [-0.39, 0.29) is 6.04 Å². The Hall–Kier alpha value is -1.21. The van der Waals surface area contributed by atoms with Crippen LogP contribution in [-0.2, 0) is 16.4 Å². The van der Waals surface area contributed by atoms with E-state index in [1.54, 1.807) is 23.5 Å². The third kappa shape index (κ3) is 4.70. The van der Waals surface area contributed by atoms with Crippen LogP contribution in [0.1, 0.15) is 42.7 Å². The molecule has 25 heavy (non-hydrogen) atoms. The lowest BCUT2D eigenvalue weighted by molar-refractivity contribution is 0.250. The Bertz CT molecular complexity index is 749. The zero-order valence-electron chi connectivity index (χ0n) is 14.6. The second-order valence-electron chi connectivity index (χ2n) is 6.52. The minimum Gasteiger partial charge on any atom is -0.294 e. The largest absolute Gasteiger partial charge is 0.294 e. The fourth-order valence-electron chi connectivity index (χ4n) is 3.34. The Kier molecular flexibility index (Phi) is 6.28. The maximum absolute atomic E-state index is 12.7. The van der Waals surface area contributed by atoms with Crippen molar-refractivity contribution in [1.29, 1.82) is 0 Å². The number of sulfonamides is 1. The van der Waals surface area contributed by atoms with E-state index in [1.165, 1.54) is 23.3 Å². The molecule has 1 aromatic carbocycles. The second-order valence-corrected chi connectivity index (χ2v) is 9.27. The van der Waals surface area contributed by atoms with E-state index in [0.717, 1.165) is 25.9 Å². The second kappa shape index (κ2) is 8.45. The predicted molar refractivity (Wildman–Crippen MR) is 103 cm³/mol. The fourth-order valence-corrected chi connectivity index (χ4v) is 5.24. The maximum Gasteiger partial charge on any atom is 0.240 e. The lowest BCUT2D eigenvalue weighted by Gasteiger charge is -2.26. The first-order chi connectivity index (χ1) is 12.1. The van der Waals surface area contributed by atoms with Gasteiger partial charge in [0.25, 0.3) is 0 Å². The summed E-state index contributed by atoms with van der Waals surface area (Å²) >= 11 is 1.70. The number of thiophene rings is 1. The predicted octanol–water partition coefficient (Wildman–Crippen LogP) is 3.82. The van der Waals surface area contributed by atoms with E-state index in [0.29, 0.717) is 11.4 Å². The van der Waals surface area contributed by atoms with Gasteiger partial charge in [-0.2, -0.15) is 0 Å². The summed E-state index contributed by atoms with van der Waals surface area (Å²) in [6, 6.07) is 11.5. The maximum atomic E-state index is 12.7. The van der Waals surface area contributed by atoms with E-state index < -0.39 is 10.0 Å². The molecule has 1 aliphatic heterocycles. The lowest BCUT2D eigenvalue weighted by atomic mass is 10.1. The first kappa shape index (κ1) is 18.6. The summed E-state index contributed by atoms with van der Waals surface area (Å²) in [5, 5.41) is 2.05. The van der Waals surface area contributed by atoms with Crippen molar-refractivity contribution >= 4 is 21.4 Å². The van der Waals surface area contributed by atoms with Crippen molar-refractivity contribution in [2.45, 2.75) is 43.5 Å². The molecule has 1 aromatic heterocycles. The number of nitrogens with one attached hydrogen (secondary N) is 1. The highest BCUT2D eigenvalue weighted by atomic mass is 32.2. The highest BCUT2D eigenvalue weighted by molar-refractivity contribution is 7.89. The molecule has 0 bridgehead atoms. The molecule has 4 nitrogen and oxygen atoms in total. The van der Waals surface area contributed by atoms with Crippen molar-refractivity contribution in [3.63, 3.8) is 0 Å². The highest BCUT2D eigenvalue weighted by Crippen LogP contribution is 2.28. The molecular weight excluding hydrogens is 352 g/mol. The molecule has 1 aliphatic rings. The van der Waals surface area contributed by atoms with Crippen molar-refractivity contribution in [3.8, 4) is 0 Å². The van der Waals surface area contributed by atoms with Crippen molar-refractivity contribution in [2.75, 3.05) is 19.6 Å². The average molecular weight is 379 g/mol. The summed E-state index contributed by atoms with van der Waals surface area (Å²) < 4.78 is 28.2. The Labute approximate surface area is 154 Å². The van der Waals surface area contributed by atoms with E-state index in [9.17, 15) is 8.42 Å². The van der Waals surface area contributed by atoms with Gasteiger partial charge in [0.05, 0.1) is 10.9 Å². The number of benzene rings is 1. The van der Waals surface area contributed by atoms with Crippen molar-refractivity contribution < 1.29 is 8.42 Å².